The molecule has 0 unspecified atom stereocenters. The van der Waals surface area contributed by atoms with Crippen LogP contribution in [-0.2, 0) is 28.7 Å². The molecule has 11 nitrogen and oxygen atoms in total. The van der Waals surface area contributed by atoms with Crippen molar-refractivity contribution in [2.24, 2.45) is 5.14 Å². The van der Waals surface area contributed by atoms with Crippen molar-refractivity contribution in [1.29, 1.82) is 0 Å². The summed E-state index contributed by atoms with van der Waals surface area (Å²) in [5.41, 5.74) is -1.51. The average molecular weight is 381 g/mol. The van der Waals surface area contributed by atoms with Gasteiger partial charge < -0.3 is 14.2 Å². The van der Waals surface area contributed by atoms with Crippen LogP contribution in [-0.4, -0.2) is 48.4 Å². The maximum Gasteiger partial charge on any atom is 0.333 e. The summed E-state index contributed by atoms with van der Waals surface area (Å²) >= 11 is 0. The number of rotatable bonds is 4. The zero-order valence-electron chi connectivity index (χ0n) is 13.2. The number of nitrogens with two attached hydrogens (primary N) is 1. The van der Waals surface area contributed by atoms with Crippen LogP contribution in [0.1, 0.15) is 20.1 Å². The molecule has 2 saturated heterocycles. The number of hydrogen-bond acceptors (Lipinski definition) is 8. The molecule has 0 saturated carbocycles. The molecule has 3 rings (SSSR count). The van der Waals surface area contributed by atoms with Crippen molar-refractivity contribution in [2.75, 3.05) is 6.61 Å². The van der Waals surface area contributed by atoms with Crippen molar-refractivity contribution < 1.29 is 31.2 Å². The summed E-state index contributed by atoms with van der Waals surface area (Å²) in [6.07, 6.45) is -2.73. The molecule has 25 heavy (non-hydrogen) atoms. The zero-order valence-corrected chi connectivity index (χ0v) is 14.0. The van der Waals surface area contributed by atoms with Gasteiger partial charge in [0.25, 0.3) is 11.4 Å². The molecule has 4 atom stereocenters. The number of halogens is 1. The van der Waals surface area contributed by atoms with Crippen molar-refractivity contribution in [3.05, 3.63) is 33.1 Å². The molecule has 0 aliphatic carbocycles. The van der Waals surface area contributed by atoms with Crippen molar-refractivity contribution in [3.63, 3.8) is 0 Å². The summed E-state index contributed by atoms with van der Waals surface area (Å²) in [6, 6.07) is 1.04. The average Bonchev–Trinajstić information content (AvgIpc) is 2.90. The first-order chi connectivity index (χ1) is 11.4. The SMILES string of the molecule is CC1(C)O[C@H]2[C@H](n3ccc(=O)[nH]c3=O)O[C@](F)(COS(N)(=O)=O)[C@H]2O1. The highest BCUT2D eigenvalue weighted by atomic mass is 32.2. The van der Waals surface area contributed by atoms with Gasteiger partial charge in [0.1, 0.15) is 12.7 Å². The minimum absolute atomic E-state index is 0.649. The van der Waals surface area contributed by atoms with E-state index < -0.39 is 58.2 Å². The van der Waals surface area contributed by atoms with Crippen LogP contribution in [0.3, 0.4) is 0 Å². The summed E-state index contributed by atoms with van der Waals surface area (Å²) in [5.74, 6) is -3.98. The van der Waals surface area contributed by atoms with E-state index >= 15 is 4.39 Å². The Morgan fingerprint density at radius 2 is 2.04 bits per heavy atom. The van der Waals surface area contributed by atoms with Gasteiger partial charge in [-0.05, 0) is 13.8 Å². The number of aromatic nitrogens is 2. The fourth-order valence-corrected chi connectivity index (χ4v) is 3.11. The van der Waals surface area contributed by atoms with Gasteiger partial charge in [-0.1, -0.05) is 0 Å². The summed E-state index contributed by atoms with van der Waals surface area (Å²) in [5, 5.41) is 4.71. The van der Waals surface area contributed by atoms with Gasteiger partial charge in [-0.3, -0.25) is 18.5 Å². The zero-order chi connectivity index (χ0) is 18.6. The van der Waals surface area contributed by atoms with Crippen LogP contribution in [0.15, 0.2) is 21.9 Å². The largest absolute Gasteiger partial charge is 0.340 e. The lowest BCUT2D eigenvalue weighted by Crippen LogP contribution is -2.44. The number of alkyl halides is 1. The topological polar surface area (TPSA) is 152 Å². The predicted molar refractivity (Wildman–Crippen MR) is 78.2 cm³/mol. The number of aromatic amines is 1. The Bertz CT molecular complexity index is 896. The van der Waals surface area contributed by atoms with Crippen molar-refractivity contribution in [1.82, 2.24) is 9.55 Å². The lowest BCUT2D eigenvalue weighted by molar-refractivity contribution is -0.262. The molecular weight excluding hydrogens is 365 g/mol. The van der Waals surface area contributed by atoms with Gasteiger partial charge in [0.2, 0.25) is 0 Å². The third kappa shape index (κ3) is 3.51. The van der Waals surface area contributed by atoms with Crippen molar-refractivity contribution in [2.45, 2.75) is 43.9 Å². The lowest BCUT2D eigenvalue weighted by Gasteiger charge is -2.27. The van der Waals surface area contributed by atoms with Gasteiger partial charge >= 0.3 is 16.0 Å². The van der Waals surface area contributed by atoms with Crippen molar-refractivity contribution >= 4 is 10.3 Å². The first-order valence-electron chi connectivity index (χ1n) is 7.11. The quantitative estimate of drug-likeness (QED) is 0.637. The van der Waals surface area contributed by atoms with E-state index in [0.717, 1.165) is 16.8 Å². The number of ether oxygens (including phenoxy) is 3. The summed E-state index contributed by atoms with van der Waals surface area (Å²) in [6.45, 7) is 1.93. The molecular formula is C12H16FN3O8S. The minimum Gasteiger partial charge on any atom is -0.340 e. The minimum atomic E-state index is -4.44. The van der Waals surface area contributed by atoms with E-state index in [-0.39, 0.29) is 0 Å². The normalized spacial score (nSPS) is 34.2. The Morgan fingerprint density at radius 1 is 1.36 bits per heavy atom. The molecule has 1 aromatic heterocycles. The molecule has 0 amide bonds. The van der Waals surface area contributed by atoms with Gasteiger partial charge in [-0.2, -0.15) is 8.42 Å². The first-order valence-corrected chi connectivity index (χ1v) is 8.58. The monoisotopic (exact) mass is 381 g/mol. The van der Waals surface area contributed by atoms with Crippen LogP contribution in [0.5, 0.6) is 0 Å². The van der Waals surface area contributed by atoms with Crippen molar-refractivity contribution in [3.8, 4) is 0 Å². The molecule has 0 aromatic carbocycles. The maximum absolute atomic E-state index is 15.2. The van der Waals surface area contributed by atoms with E-state index in [0.29, 0.717) is 0 Å². The smallest absolute Gasteiger partial charge is 0.333 e. The Kier molecular flexibility index (Phi) is 4.13. The van der Waals surface area contributed by atoms with E-state index in [2.05, 4.69) is 4.18 Å². The Morgan fingerprint density at radius 3 is 2.64 bits per heavy atom. The standard InChI is InChI=1S/C12H16FN3O8S/c1-11(2)22-7-8(23-11)12(13,5-21-25(14,19)20)24-9(7)16-4-3-6(17)15-10(16)18/h3-4,7-9H,5H2,1-2H3,(H2,14,19,20)(H,15,17,18)/t7-,8+,9-,12-/m1/s1. The Balaban J connectivity index is 1.98. The molecule has 3 heterocycles. The fourth-order valence-electron chi connectivity index (χ4n) is 2.79. The van der Waals surface area contributed by atoms with Gasteiger partial charge in [-0.25, -0.2) is 14.3 Å². The highest BCUT2D eigenvalue weighted by Gasteiger charge is 2.65. The maximum atomic E-state index is 15.2. The molecule has 0 radical (unpaired) electrons. The van der Waals surface area contributed by atoms with Crippen LogP contribution in [0.25, 0.3) is 0 Å². The third-order valence-electron chi connectivity index (χ3n) is 3.70. The van der Waals surface area contributed by atoms with E-state index in [4.69, 9.17) is 19.3 Å². The lowest BCUT2D eigenvalue weighted by atomic mass is 10.1. The van der Waals surface area contributed by atoms with E-state index in [9.17, 15) is 18.0 Å². The van der Waals surface area contributed by atoms with Gasteiger partial charge in [0.05, 0.1) is 0 Å². The second-order valence-electron chi connectivity index (χ2n) is 6.09. The van der Waals surface area contributed by atoms with Crippen LogP contribution in [0.4, 0.5) is 4.39 Å². The van der Waals surface area contributed by atoms with Crippen LogP contribution >= 0.6 is 0 Å². The van der Waals surface area contributed by atoms with Gasteiger partial charge in [-0.15, -0.1) is 0 Å². The number of nitrogens with zero attached hydrogens (tertiary/aromatic N) is 1. The molecule has 3 N–H and O–H groups in total. The summed E-state index contributed by atoms with van der Waals surface area (Å²) in [7, 11) is -4.44. The van der Waals surface area contributed by atoms with Crippen LogP contribution in [0.2, 0.25) is 0 Å². The third-order valence-corrected chi connectivity index (χ3v) is 4.14. The van der Waals surface area contributed by atoms with E-state index in [1.807, 2.05) is 4.98 Å². The molecule has 13 heteroatoms. The number of nitrogens with one attached hydrogen (secondary N) is 1. The molecule has 2 aliphatic rings. The second-order valence-corrected chi connectivity index (χ2v) is 7.31. The molecule has 0 bridgehead atoms. The fraction of sp³-hybridized carbons (Fsp3) is 0.667. The number of hydrogen-bond donors (Lipinski definition) is 2. The molecule has 140 valence electrons. The molecule has 2 aliphatic heterocycles. The van der Waals surface area contributed by atoms with Gasteiger partial charge in [0, 0.05) is 12.3 Å². The predicted octanol–water partition coefficient (Wildman–Crippen LogP) is -1.53. The molecule has 1 aromatic rings. The van der Waals surface area contributed by atoms with E-state index in [1.165, 1.54) is 13.8 Å². The van der Waals surface area contributed by atoms with Gasteiger partial charge in [0.15, 0.2) is 18.1 Å². The summed E-state index contributed by atoms with van der Waals surface area (Å²) < 4.78 is 58.6. The van der Waals surface area contributed by atoms with Crippen LogP contribution < -0.4 is 16.4 Å². The van der Waals surface area contributed by atoms with E-state index in [1.54, 1.807) is 0 Å². The highest BCUT2D eigenvalue weighted by molar-refractivity contribution is 7.84. The Hall–Kier alpha value is -1.64. The molecule has 2 fully saturated rings. The second kappa shape index (κ2) is 5.69. The number of fused-ring (bicyclic) bond motifs is 1. The molecule has 0 spiro atoms. The summed E-state index contributed by atoms with van der Waals surface area (Å²) in [4.78, 5) is 25.2. The Labute approximate surface area is 140 Å². The first kappa shape index (κ1) is 18.2. The highest BCUT2D eigenvalue weighted by Crippen LogP contribution is 2.48. The van der Waals surface area contributed by atoms with Crippen LogP contribution in [0, 0.1) is 0 Å². The number of H-pyrrole nitrogens is 1.